The number of hydrogen-bond acceptors (Lipinski definition) is 3. The molecule has 0 fully saturated rings. The van der Waals surface area contributed by atoms with E-state index in [0.29, 0.717) is 5.92 Å². The molecule has 1 aromatic rings. The summed E-state index contributed by atoms with van der Waals surface area (Å²) in [4.78, 5) is 4.22. The monoisotopic (exact) mass is 157 g/mol. The Labute approximate surface area is 65.0 Å². The van der Waals surface area contributed by atoms with Crippen molar-refractivity contribution >= 4 is 11.8 Å². The van der Waals surface area contributed by atoms with E-state index in [1.54, 1.807) is 6.26 Å². The molecule has 0 N–H and O–H groups in total. The van der Waals surface area contributed by atoms with Gasteiger partial charge in [-0.1, -0.05) is 25.6 Å². The summed E-state index contributed by atoms with van der Waals surface area (Å²) in [6.07, 6.45) is 3.67. The molecule has 0 aliphatic heterocycles. The van der Waals surface area contributed by atoms with E-state index in [0.717, 1.165) is 10.9 Å². The van der Waals surface area contributed by atoms with Crippen LogP contribution < -0.4 is 0 Å². The van der Waals surface area contributed by atoms with Crippen molar-refractivity contribution in [2.24, 2.45) is 0 Å². The van der Waals surface area contributed by atoms with E-state index in [-0.39, 0.29) is 0 Å². The minimum Gasteiger partial charge on any atom is -0.440 e. The van der Waals surface area contributed by atoms with E-state index in [1.165, 1.54) is 11.8 Å². The molecule has 0 spiro atoms. The van der Waals surface area contributed by atoms with Gasteiger partial charge in [0.15, 0.2) is 0 Å². The highest BCUT2D eigenvalue weighted by molar-refractivity contribution is 7.98. The Balaban J connectivity index is 2.78. The van der Waals surface area contributed by atoms with E-state index in [4.69, 9.17) is 4.42 Å². The molecule has 1 aromatic heterocycles. The Hall–Kier alpha value is -0.440. The van der Waals surface area contributed by atoms with Gasteiger partial charge in [-0.25, -0.2) is 4.98 Å². The van der Waals surface area contributed by atoms with Gasteiger partial charge in [0, 0.05) is 0 Å². The van der Waals surface area contributed by atoms with Gasteiger partial charge in [0.25, 0.3) is 5.22 Å². The van der Waals surface area contributed by atoms with Crippen LogP contribution in [0, 0.1) is 0 Å². The smallest absolute Gasteiger partial charge is 0.255 e. The lowest BCUT2D eigenvalue weighted by atomic mass is 10.2. The van der Waals surface area contributed by atoms with Gasteiger partial charge in [-0.2, -0.15) is 0 Å². The minimum absolute atomic E-state index is 0.463. The molecule has 0 unspecified atom stereocenters. The van der Waals surface area contributed by atoms with Crippen LogP contribution in [0.1, 0.15) is 25.5 Å². The van der Waals surface area contributed by atoms with Crippen molar-refractivity contribution in [2.45, 2.75) is 25.0 Å². The van der Waals surface area contributed by atoms with Crippen LogP contribution in [0.5, 0.6) is 0 Å². The number of oxazole rings is 1. The zero-order chi connectivity index (χ0) is 7.56. The van der Waals surface area contributed by atoms with Crippen LogP contribution in [-0.2, 0) is 0 Å². The topological polar surface area (TPSA) is 26.0 Å². The van der Waals surface area contributed by atoms with Gasteiger partial charge in [-0.05, 0) is 12.2 Å². The van der Waals surface area contributed by atoms with Gasteiger partial charge in [-0.15, -0.1) is 0 Å². The molecular formula is C7H11NOS. The molecule has 0 atom stereocenters. The summed E-state index contributed by atoms with van der Waals surface area (Å²) in [7, 11) is 0. The molecule has 1 heterocycles. The van der Waals surface area contributed by atoms with E-state index in [9.17, 15) is 0 Å². The summed E-state index contributed by atoms with van der Waals surface area (Å²) in [5, 5.41) is 0.753. The van der Waals surface area contributed by atoms with Gasteiger partial charge in [0.05, 0.1) is 5.69 Å². The van der Waals surface area contributed by atoms with Crippen molar-refractivity contribution in [1.82, 2.24) is 4.98 Å². The maximum absolute atomic E-state index is 5.13. The number of hydrogen-bond donors (Lipinski definition) is 0. The molecule has 3 heteroatoms. The maximum atomic E-state index is 5.13. The lowest BCUT2D eigenvalue weighted by Gasteiger charge is -1.93. The van der Waals surface area contributed by atoms with Crippen molar-refractivity contribution in [3.05, 3.63) is 12.0 Å². The van der Waals surface area contributed by atoms with Crippen LogP contribution in [0.2, 0.25) is 0 Å². The van der Waals surface area contributed by atoms with E-state index < -0.39 is 0 Å². The summed E-state index contributed by atoms with van der Waals surface area (Å²) in [6, 6.07) is 0. The van der Waals surface area contributed by atoms with Crippen molar-refractivity contribution in [3.8, 4) is 0 Å². The molecule has 0 saturated carbocycles. The maximum Gasteiger partial charge on any atom is 0.255 e. The summed E-state index contributed by atoms with van der Waals surface area (Å²) in [5.74, 6) is 0.463. The van der Waals surface area contributed by atoms with Crippen molar-refractivity contribution < 1.29 is 4.42 Å². The molecule has 56 valence electrons. The largest absolute Gasteiger partial charge is 0.440 e. The van der Waals surface area contributed by atoms with Crippen LogP contribution in [0.15, 0.2) is 15.9 Å². The molecule has 0 aromatic carbocycles. The Morgan fingerprint density at radius 1 is 1.60 bits per heavy atom. The second-order valence-electron chi connectivity index (χ2n) is 2.40. The van der Waals surface area contributed by atoms with E-state index in [1.807, 2.05) is 6.26 Å². The molecule has 0 aliphatic carbocycles. The van der Waals surface area contributed by atoms with Crippen LogP contribution in [0.3, 0.4) is 0 Å². The fraction of sp³-hybridized carbons (Fsp3) is 0.571. The van der Waals surface area contributed by atoms with Gasteiger partial charge in [-0.3, -0.25) is 0 Å². The predicted octanol–water partition coefficient (Wildman–Crippen LogP) is 2.52. The highest BCUT2D eigenvalue weighted by Gasteiger charge is 2.04. The summed E-state index contributed by atoms with van der Waals surface area (Å²) in [5.41, 5.74) is 1.03. The number of rotatable bonds is 2. The third-order valence-electron chi connectivity index (χ3n) is 1.27. The predicted molar refractivity (Wildman–Crippen MR) is 42.4 cm³/mol. The Morgan fingerprint density at radius 2 is 2.30 bits per heavy atom. The first kappa shape index (κ1) is 7.66. The second-order valence-corrected chi connectivity index (χ2v) is 3.15. The van der Waals surface area contributed by atoms with Crippen LogP contribution in [-0.4, -0.2) is 11.2 Å². The zero-order valence-electron chi connectivity index (χ0n) is 6.42. The quantitative estimate of drug-likeness (QED) is 0.617. The molecule has 0 aliphatic rings. The summed E-state index contributed by atoms with van der Waals surface area (Å²) in [6.45, 7) is 4.20. The molecule has 1 rings (SSSR count). The highest BCUT2D eigenvalue weighted by Crippen LogP contribution is 2.18. The van der Waals surface area contributed by atoms with Gasteiger partial charge >= 0.3 is 0 Å². The second kappa shape index (κ2) is 3.10. The SMILES string of the molecule is CSc1nc(C(C)C)co1. The molecule has 0 radical (unpaired) electrons. The fourth-order valence-corrected chi connectivity index (χ4v) is 0.969. The van der Waals surface area contributed by atoms with Crippen molar-refractivity contribution in [3.63, 3.8) is 0 Å². The van der Waals surface area contributed by atoms with Crippen LogP contribution in [0.25, 0.3) is 0 Å². The molecule has 0 amide bonds. The van der Waals surface area contributed by atoms with Crippen molar-refractivity contribution in [2.75, 3.05) is 6.26 Å². The minimum atomic E-state index is 0.463. The number of aromatic nitrogens is 1. The van der Waals surface area contributed by atoms with Crippen LogP contribution in [0.4, 0.5) is 0 Å². The molecular weight excluding hydrogens is 146 g/mol. The lowest BCUT2D eigenvalue weighted by Crippen LogP contribution is -1.85. The van der Waals surface area contributed by atoms with Crippen LogP contribution >= 0.6 is 11.8 Å². The first-order valence-electron chi connectivity index (χ1n) is 3.23. The Bertz CT molecular complexity index is 207. The molecule has 0 saturated heterocycles. The summed E-state index contributed by atoms with van der Waals surface area (Å²) < 4.78 is 5.13. The van der Waals surface area contributed by atoms with Crippen molar-refractivity contribution in [1.29, 1.82) is 0 Å². The number of thioether (sulfide) groups is 1. The molecule has 2 nitrogen and oxygen atoms in total. The molecule has 10 heavy (non-hydrogen) atoms. The third kappa shape index (κ3) is 1.53. The normalized spacial score (nSPS) is 10.8. The Kier molecular flexibility index (Phi) is 2.38. The zero-order valence-corrected chi connectivity index (χ0v) is 7.23. The van der Waals surface area contributed by atoms with Gasteiger partial charge in [0.2, 0.25) is 0 Å². The number of nitrogens with zero attached hydrogens (tertiary/aromatic N) is 1. The fourth-order valence-electron chi connectivity index (χ4n) is 0.628. The first-order chi connectivity index (χ1) is 4.74. The molecule has 0 bridgehead atoms. The van der Waals surface area contributed by atoms with Gasteiger partial charge < -0.3 is 4.42 Å². The summed E-state index contributed by atoms with van der Waals surface area (Å²) >= 11 is 1.53. The first-order valence-corrected chi connectivity index (χ1v) is 4.46. The Morgan fingerprint density at radius 3 is 2.60 bits per heavy atom. The average molecular weight is 157 g/mol. The standard InChI is InChI=1S/C7H11NOS/c1-5(2)6-4-9-7(8-6)10-3/h4-5H,1-3H3. The van der Waals surface area contributed by atoms with E-state index in [2.05, 4.69) is 18.8 Å². The van der Waals surface area contributed by atoms with E-state index >= 15 is 0 Å². The third-order valence-corrected chi connectivity index (χ3v) is 1.80. The van der Waals surface area contributed by atoms with Gasteiger partial charge in [0.1, 0.15) is 6.26 Å². The lowest BCUT2D eigenvalue weighted by molar-refractivity contribution is 0.454. The highest BCUT2D eigenvalue weighted by atomic mass is 32.2. The average Bonchev–Trinajstić information content (AvgIpc) is 2.34.